The van der Waals surface area contributed by atoms with Gasteiger partial charge in [0.05, 0.1) is 31.2 Å². The Morgan fingerprint density at radius 1 is 0.970 bits per heavy atom. The topological polar surface area (TPSA) is 103 Å². The average molecular weight is 444 g/mol. The van der Waals surface area contributed by atoms with Crippen LogP contribution >= 0.6 is 0 Å². The van der Waals surface area contributed by atoms with Crippen LogP contribution < -0.4 is 25.8 Å². The molecule has 33 heavy (non-hydrogen) atoms. The number of hydrogen-bond acceptors (Lipinski definition) is 5. The van der Waals surface area contributed by atoms with Gasteiger partial charge in [-0.05, 0) is 35.7 Å². The second-order valence-electron chi connectivity index (χ2n) is 7.61. The van der Waals surface area contributed by atoms with Gasteiger partial charge in [0.25, 0.3) is 5.91 Å². The number of ether oxygens (including phenoxy) is 2. The van der Waals surface area contributed by atoms with E-state index >= 15 is 0 Å². The number of hydrogen-bond donors (Lipinski definition) is 3. The van der Waals surface area contributed by atoms with E-state index in [2.05, 4.69) is 10.6 Å². The number of fused-ring (bicyclic) bond motifs is 1. The SMILES string of the molecule is COc1cc2c(cc1OC)/C(=C(/Nc1ccc(CCC(N)=O)cc1)c1ccccc1)C(=O)N2. The Morgan fingerprint density at radius 3 is 2.27 bits per heavy atom. The molecule has 0 bridgehead atoms. The minimum absolute atomic E-state index is 0.218. The lowest BCUT2D eigenvalue weighted by Gasteiger charge is -2.16. The summed E-state index contributed by atoms with van der Waals surface area (Å²) in [4.78, 5) is 24.2. The Balaban J connectivity index is 1.78. The van der Waals surface area contributed by atoms with E-state index in [1.54, 1.807) is 26.4 Å². The molecule has 168 valence electrons. The van der Waals surface area contributed by atoms with Gasteiger partial charge in [0.15, 0.2) is 11.5 Å². The first-order valence-corrected chi connectivity index (χ1v) is 10.5. The summed E-state index contributed by atoms with van der Waals surface area (Å²) in [6.45, 7) is 0. The van der Waals surface area contributed by atoms with Gasteiger partial charge in [-0.2, -0.15) is 0 Å². The number of carbonyl (C=O) groups is 2. The molecule has 3 aromatic carbocycles. The summed E-state index contributed by atoms with van der Waals surface area (Å²) in [5, 5.41) is 6.35. The van der Waals surface area contributed by atoms with E-state index in [1.165, 1.54) is 0 Å². The van der Waals surface area contributed by atoms with Gasteiger partial charge < -0.3 is 25.8 Å². The quantitative estimate of drug-likeness (QED) is 0.456. The standard InChI is InChI=1S/C26H25N3O4/c1-32-21-14-19-20(15-22(21)33-2)29-26(31)24(19)25(17-6-4-3-5-7-17)28-18-11-8-16(9-12-18)10-13-23(27)30/h3-9,11-12,14-15,28H,10,13H2,1-2H3,(H2,27,30)(H,29,31)/b25-24-. The van der Waals surface area contributed by atoms with Crippen molar-refractivity contribution in [3.63, 3.8) is 0 Å². The minimum atomic E-state index is -0.328. The number of nitrogens with two attached hydrogens (primary N) is 1. The summed E-state index contributed by atoms with van der Waals surface area (Å²) in [5.74, 6) is 0.533. The van der Waals surface area contributed by atoms with Crippen molar-refractivity contribution in [1.82, 2.24) is 0 Å². The first-order chi connectivity index (χ1) is 16.0. The molecule has 3 aromatic rings. The maximum Gasteiger partial charge on any atom is 0.258 e. The molecule has 0 aliphatic carbocycles. The third-order valence-electron chi connectivity index (χ3n) is 5.46. The van der Waals surface area contributed by atoms with Crippen LogP contribution in [0.5, 0.6) is 11.5 Å². The fourth-order valence-corrected chi connectivity index (χ4v) is 3.80. The predicted molar refractivity (Wildman–Crippen MR) is 129 cm³/mol. The van der Waals surface area contributed by atoms with Gasteiger partial charge in [-0.3, -0.25) is 9.59 Å². The van der Waals surface area contributed by atoms with Gasteiger partial charge in [0.1, 0.15) is 0 Å². The molecule has 1 aliphatic heterocycles. The Hall–Kier alpha value is -4.26. The second kappa shape index (κ2) is 9.48. The number of carbonyl (C=O) groups excluding carboxylic acids is 2. The van der Waals surface area contributed by atoms with Crippen LogP contribution in [0.2, 0.25) is 0 Å². The molecule has 7 heteroatoms. The molecule has 0 fully saturated rings. The van der Waals surface area contributed by atoms with E-state index in [9.17, 15) is 9.59 Å². The summed E-state index contributed by atoms with van der Waals surface area (Å²) in [6.07, 6.45) is 0.883. The van der Waals surface area contributed by atoms with Crippen LogP contribution in [0, 0.1) is 0 Å². The monoisotopic (exact) mass is 443 g/mol. The van der Waals surface area contributed by atoms with Crippen molar-refractivity contribution >= 4 is 34.5 Å². The molecule has 0 unspecified atom stereocenters. The van der Waals surface area contributed by atoms with Crippen LogP contribution in [-0.4, -0.2) is 26.0 Å². The van der Waals surface area contributed by atoms with Gasteiger partial charge in [0, 0.05) is 23.7 Å². The molecule has 4 rings (SSSR count). The molecule has 4 N–H and O–H groups in total. The lowest BCUT2D eigenvalue weighted by atomic mass is 9.99. The summed E-state index contributed by atoms with van der Waals surface area (Å²) < 4.78 is 10.8. The number of nitrogens with one attached hydrogen (secondary N) is 2. The van der Waals surface area contributed by atoms with Crippen LogP contribution in [0.4, 0.5) is 11.4 Å². The van der Waals surface area contributed by atoms with Crippen molar-refractivity contribution in [2.75, 3.05) is 24.9 Å². The maximum absolute atomic E-state index is 13.1. The van der Waals surface area contributed by atoms with E-state index in [0.717, 1.165) is 22.4 Å². The van der Waals surface area contributed by atoms with Crippen molar-refractivity contribution in [3.05, 3.63) is 83.4 Å². The zero-order valence-corrected chi connectivity index (χ0v) is 18.5. The molecule has 0 radical (unpaired) electrons. The lowest BCUT2D eigenvalue weighted by molar-refractivity contribution is -0.118. The molecule has 2 amide bonds. The summed E-state index contributed by atoms with van der Waals surface area (Å²) >= 11 is 0. The lowest BCUT2D eigenvalue weighted by Crippen LogP contribution is -2.11. The zero-order valence-electron chi connectivity index (χ0n) is 18.5. The van der Waals surface area contributed by atoms with Crippen molar-refractivity contribution in [1.29, 1.82) is 0 Å². The summed E-state index contributed by atoms with van der Waals surface area (Å²) in [6, 6.07) is 20.9. The Bertz CT molecular complexity index is 1220. The van der Waals surface area contributed by atoms with Crippen LogP contribution in [-0.2, 0) is 16.0 Å². The fourth-order valence-electron chi connectivity index (χ4n) is 3.80. The minimum Gasteiger partial charge on any atom is -0.493 e. The summed E-state index contributed by atoms with van der Waals surface area (Å²) in [5.41, 5.74) is 10.5. The smallest absolute Gasteiger partial charge is 0.258 e. The van der Waals surface area contributed by atoms with Crippen molar-refractivity contribution in [2.45, 2.75) is 12.8 Å². The number of anilines is 2. The second-order valence-corrected chi connectivity index (χ2v) is 7.61. The molecule has 7 nitrogen and oxygen atoms in total. The molecule has 1 aliphatic rings. The van der Waals surface area contributed by atoms with Crippen LogP contribution in [0.25, 0.3) is 11.3 Å². The highest BCUT2D eigenvalue weighted by Gasteiger charge is 2.30. The normalized spacial score (nSPS) is 13.7. The third-order valence-corrected chi connectivity index (χ3v) is 5.46. The van der Waals surface area contributed by atoms with E-state index in [4.69, 9.17) is 15.2 Å². The first-order valence-electron chi connectivity index (χ1n) is 10.5. The zero-order chi connectivity index (χ0) is 23.4. The number of primary amides is 1. The van der Waals surface area contributed by atoms with Crippen LogP contribution in [0.15, 0.2) is 66.7 Å². The Labute approximate surface area is 192 Å². The molecule has 0 aromatic heterocycles. The first kappa shape index (κ1) is 22.0. The highest BCUT2D eigenvalue weighted by atomic mass is 16.5. The third kappa shape index (κ3) is 4.67. The van der Waals surface area contributed by atoms with Gasteiger partial charge in [0.2, 0.25) is 5.91 Å². The fraction of sp³-hybridized carbons (Fsp3) is 0.154. The number of benzene rings is 3. The van der Waals surface area contributed by atoms with Crippen molar-refractivity contribution in [3.8, 4) is 11.5 Å². The van der Waals surface area contributed by atoms with Gasteiger partial charge >= 0.3 is 0 Å². The molecular formula is C26H25N3O4. The Morgan fingerprint density at radius 2 is 1.64 bits per heavy atom. The van der Waals surface area contributed by atoms with E-state index in [-0.39, 0.29) is 11.8 Å². The number of rotatable bonds is 8. The number of methoxy groups -OCH3 is 2. The Kier molecular flexibility index (Phi) is 6.31. The van der Waals surface area contributed by atoms with Gasteiger partial charge in [-0.25, -0.2) is 0 Å². The van der Waals surface area contributed by atoms with Gasteiger partial charge in [-0.15, -0.1) is 0 Å². The molecule has 1 heterocycles. The number of aryl methyl sites for hydroxylation is 1. The highest BCUT2D eigenvalue weighted by molar-refractivity contribution is 6.37. The molecule has 0 saturated carbocycles. The van der Waals surface area contributed by atoms with Crippen molar-refractivity contribution in [2.24, 2.45) is 5.73 Å². The predicted octanol–water partition coefficient (Wildman–Crippen LogP) is 4.05. The molecule has 0 saturated heterocycles. The van der Waals surface area contributed by atoms with E-state index in [1.807, 2.05) is 54.6 Å². The van der Waals surface area contributed by atoms with E-state index < -0.39 is 0 Å². The largest absolute Gasteiger partial charge is 0.493 e. The summed E-state index contributed by atoms with van der Waals surface area (Å²) in [7, 11) is 3.12. The average Bonchev–Trinajstić information content (AvgIpc) is 3.15. The maximum atomic E-state index is 13.1. The van der Waals surface area contributed by atoms with Crippen LogP contribution in [0.3, 0.4) is 0 Å². The molecule has 0 spiro atoms. The number of amides is 2. The molecular weight excluding hydrogens is 418 g/mol. The van der Waals surface area contributed by atoms with Gasteiger partial charge in [-0.1, -0.05) is 42.5 Å². The van der Waals surface area contributed by atoms with E-state index in [0.29, 0.717) is 41.3 Å². The van der Waals surface area contributed by atoms with Crippen molar-refractivity contribution < 1.29 is 19.1 Å². The highest BCUT2D eigenvalue weighted by Crippen LogP contribution is 2.43. The molecule has 0 atom stereocenters. The van der Waals surface area contributed by atoms with Crippen LogP contribution in [0.1, 0.15) is 23.1 Å².